The van der Waals surface area contributed by atoms with Gasteiger partial charge in [0.2, 0.25) is 5.82 Å². The van der Waals surface area contributed by atoms with Crippen LogP contribution in [0.15, 0.2) is 40.7 Å². The molecule has 0 fully saturated rings. The number of aliphatic hydroxyl groups excluding tert-OH is 1. The molecule has 220 valence electrons. The highest BCUT2D eigenvalue weighted by molar-refractivity contribution is 5.93. The molecule has 3 rings (SSSR count). The number of pyridine rings is 1. The van der Waals surface area contributed by atoms with Crippen LogP contribution in [0.2, 0.25) is 0 Å². The summed E-state index contributed by atoms with van der Waals surface area (Å²) < 4.78 is 11.9. The number of rotatable bonds is 13. The third kappa shape index (κ3) is 7.86. The number of nitrogens with one attached hydrogen (secondary N) is 3. The summed E-state index contributed by atoms with van der Waals surface area (Å²) in [6.45, 7) is 7.75. The maximum absolute atomic E-state index is 11.7. The maximum atomic E-state index is 11.7. The minimum Gasteiger partial charge on any atom is -0.384 e. The molecule has 3 aromatic rings. The van der Waals surface area contributed by atoms with Crippen LogP contribution < -0.4 is 16.0 Å². The summed E-state index contributed by atoms with van der Waals surface area (Å²) in [5.41, 5.74) is 2.41. The van der Waals surface area contributed by atoms with Gasteiger partial charge in [0.25, 0.3) is 5.91 Å². The molecule has 14 nitrogen and oxygen atoms in total. The van der Waals surface area contributed by atoms with Crippen molar-refractivity contribution in [3.05, 3.63) is 47.2 Å². The third-order valence-electron chi connectivity index (χ3n) is 5.97. The molecule has 0 radical (unpaired) electrons. The van der Waals surface area contributed by atoms with E-state index in [2.05, 4.69) is 48.4 Å². The number of aliphatic hydroxyl groups is 1. The van der Waals surface area contributed by atoms with Crippen LogP contribution in [0.4, 0.5) is 28.8 Å². The molecule has 0 aliphatic heterocycles. The molecule has 14 heteroatoms. The van der Waals surface area contributed by atoms with Crippen molar-refractivity contribution in [2.75, 3.05) is 43.4 Å². The van der Waals surface area contributed by atoms with E-state index >= 15 is 0 Å². The summed E-state index contributed by atoms with van der Waals surface area (Å²) in [5, 5.41) is 51.2. The van der Waals surface area contributed by atoms with Crippen LogP contribution in [0.5, 0.6) is 0 Å². The Hall–Kier alpha value is -4.89. The fourth-order valence-corrected chi connectivity index (χ4v) is 3.90. The number of aromatic nitrogens is 3. The summed E-state index contributed by atoms with van der Waals surface area (Å²) in [6.07, 6.45) is 0.365. The lowest BCUT2D eigenvalue weighted by molar-refractivity contribution is -0.123. The standard InChI is InChI=1S/C28H34N10O4/c1-16(14-41-5)31-26-23(12-30)18(3)24(27(34-26)32-17(2)15-42-6)35-36-25-20(11-29)13-38(37-25)22-9-7-21(8-10-22)33-28(40)19(4)39/h7-10,13,16-17,19,39H,14-15H2,1-6H3,(H,33,40)(H2,31,32,34). The van der Waals surface area contributed by atoms with E-state index < -0.39 is 12.0 Å². The van der Waals surface area contributed by atoms with Crippen LogP contribution in [-0.2, 0) is 14.3 Å². The van der Waals surface area contributed by atoms with Gasteiger partial charge in [-0.2, -0.15) is 10.5 Å². The van der Waals surface area contributed by atoms with Crippen LogP contribution in [-0.4, -0.2) is 71.4 Å². The number of anilines is 3. The van der Waals surface area contributed by atoms with Crippen LogP contribution >= 0.6 is 0 Å². The minimum absolute atomic E-state index is 0.0636. The number of hydrogen-bond acceptors (Lipinski definition) is 12. The quantitative estimate of drug-likeness (QED) is 0.217. The Labute approximate surface area is 244 Å². The Bertz CT molecular complexity index is 1500. The van der Waals surface area contributed by atoms with Crippen LogP contribution in [0.25, 0.3) is 5.69 Å². The molecule has 3 unspecified atom stereocenters. The molecule has 0 aliphatic rings. The predicted octanol–water partition coefficient (Wildman–Crippen LogP) is 3.95. The monoisotopic (exact) mass is 574 g/mol. The number of nitriles is 2. The van der Waals surface area contributed by atoms with Crippen molar-refractivity contribution in [3.63, 3.8) is 0 Å². The number of benzene rings is 1. The molecule has 3 atom stereocenters. The number of methoxy groups -OCH3 is 2. The molecule has 2 heterocycles. The van der Waals surface area contributed by atoms with Gasteiger partial charge in [-0.25, -0.2) is 9.67 Å². The minimum atomic E-state index is -1.14. The molecule has 1 aromatic carbocycles. The van der Waals surface area contributed by atoms with Crippen LogP contribution in [0, 0.1) is 29.6 Å². The Morgan fingerprint density at radius 3 is 2.19 bits per heavy atom. The zero-order chi connectivity index (χ0) is 30.8. The van der Waals surface area contributed by atoms with Gasteiger partial charge in [0.1, 0.15) is 35.3 Å². The van der Waals surface area contributed by atoms with Crippen LogP contribution in [0.3, 0.4) is 0 Å². The summed E-state index contributed by atoms with van der Waals surface area (Å²) in [4.78, 5) is 16.4. The van der Waals surface area contributed by atoms with Crippen molar-refractivity contribution in [1.82, 2.24) is 14.8 Å². The molecule has 0 spiro atoms. The highest BCUT2D eigenvalue weighted by atomic mass is 16.5. The van der Waals surface area contributed by atoms with E-state index in [0.29, 0.717) is 53.0 Å². The average Bonchev–Trinajstić information content (AvgIpc) is 3.36. The van der Waals surface area contributed by atoms with Gasteiger partial charge < -0.3 is 30.5 Å². The van der Waals surface area contributed by atoms with Gasteiger partial charge in [0.15, 0.2) is 5.82 Å². The van der Waals surface area contributed by atoms with Crippen molar-refractivity contribution in [3.8, 4) is 17.8 Å². The summed E-state index contributed by atoms with van der Waals surface area (Å²) in [6, 6.07) is 10.7. The fourth-order valence-electron chi connectivity index (χ4n) is 3.90. The maximum Gasteiger partial charge on any atom is 0.252 e. The zero-order valence-electron chi connectivity index (χ0n) is 24.3. The second-order valence-corrected chi connectivity index (χ2v) is 9.61. The first kappa shape index (κ1) is 31.6. The first-order valence-corrected chi connectivity index (χ1v) is 13.1. The van der Waals surface area contributed by atoms with E-state index in [0.717, 1.165) is 0 Å². The van der Waals surface area contributed by atoms with Gasteiger partial charge in [-0.15, -0.1) is 15.3 Å². The van der Waals surface area contributed by atoms with Gasteiger partial charge in [-0.3, -0.25) is 4.79 Å². The van der Waals surface area contributed by atoms with Crippen molar-refractivity contribution in [2.45, 2.75) is 45.9 Å². The van der Waals surface area contributed by atoms with Gasteiger partial charge >= 0.3 is 0 Å². The normalized spacial score (nSPS) is 13.2. The molecule has 1 amide bonds. The second-order valence-electron chi connectivity index (χ2n) is 9.61. The number of ether oxygens (including phenoxy) is 2. The fraction of sp³-hybridized carbons (Fsp3) is 0.393. The summed E-state index contributed by atoms with van der Waals surface area (Å²) in [7, 11) is 3.18. The van der Waals surface area contributed by atoms with Gasteiger partial charge in [-0.1, -0.05) is 0 Å². The van der Waals surface area contributed by atoms with Crippen molar-refractivity contribution in [2.24, 2.45) is 10.2 Å². The second kappa shape index (κ2) is 14.7. The third-order valence-corrected chi connectivity index (χ3v) is 5.97. The molecule has 2 aromatic heterocycles. The number of azo groups is 1. The van der Waals surface area contributed by atoms with Crippen molar-refractivity contribution < 1.29 is 19.4 Å². The van der Waals surface area contributed by atoms with Gasteiger partial charge in [-0.05, 0) is 52.0 Å². The Kier molecular flexibility index (Phi) is 11.0. The van der Waals surface area contributed by atoms with Gasteiger partial charge in [0, 0.05) is 37.6 Å². The molecule has 4 N–H and O–H groups in total. The summed E-state index contributed by atoms with van der Waals surface area (Å²) >= 11 is 0. The average molecular weight is 575 g/mol. The Morgan fingerprint density at radius 1 is 1.02 bits per heavy atom. The largest absolute Gasteiger partial charge is 0.384 e. The van der Waals surface area contributed by atoms with Gasteiger partial charge in [0.05, 0.1) is 30.7 Å². The Morgan fingerprint density at radius 2 is 1.64 bits per heavy atom. The van der Waals surface area contributed by atoms with E-state index in [1.54, 1.807) is 45.4 Å². The van der Waals surface area contributed by atoms with E-state index in [9.17, 15) is 20.4 Å². The van der Waals surface area contributed by atoms with E-state index in [-0.39, 0.29) is 23.5 Å². The zero-order valence-corrected chi connectivity index (χ0v) is 24.3. The molecular weight excluding hydrogens is 540 g/mol. The SMILES string of the molecule is COCC(C)Nc1nc(NC(C)COC)c(N=Nc2nn(-c3ccc(NC(=O)C(C)O)cc3)cc2C#N)c(C)c1C#N. The van der Waals surface area contributed by atoms with E-state index in [1.807, 2.05) is 13.8 Å². The lowest BCUT2D eigenvalue weighted by Gasteiger charge is -2.20. The number of carbonyl (C=O) groups excluding carboxylic acids is 1. The van der Waals surface area contributed by atoms with Crippen LogP contribution in [0.1, 0.15) is 37.5 Å². The number of hydrogen-bond donors (Lipinski definition) is 4. The lowest BCUT2D eigenvalue weighted by atomic mass is 10.1. The molecule has 0 saturated heterocycles. The smallest absolute Gasteiger partial charge is 0.252 e. The number of amides is 1. The molecule has 0 bridgehead atoms. The molecule has 0 aliphatic carbocycles. The molecule has 42 heavy (non-hydrogen) atoms. The highest BCUT2D eigenvalue weighted by Crippen LogP contribution is 2.35. The highest BCUT2D eigenvalue weighted by Gasteiger charge is 2.20. The summed E-state index contributed by atoms with van der Waals surface area (Å²) in [5.74, 6) is 0.286. The topological polar surface area (TPSA) is 195 Å². The van der Waals surface area contributed by atoms with E-state index in [4.69, 9.17) is 9.47 Å². The lowest BCUT2D eigenvalue weighted by Crippen LogP contribution is -2.24. The first-order valence-electron chi connectivity index (χ1n) is 13.1. The molecule has 0 saturated carbocycles. The van der Waals surface area contributed by atoms with E-state index in [1.165, 1.54) is 17.8 Å². The van der Waals surface area contributed by atoms with Crippen molar-refractivity contribution >= 4 is 34.7 Å². The van der Waals surface area contributed by atoms with Crippen molar-refractivity contribution in [1.29, 1.82) is 10.5 Å². The predicted molar refractivity (Wildman–Crippen MR) is 156 cm³/mol. The number of nitrogens with zero attached hydrogens (tertiary/aromatic N) is 7. The molecular formula is C28H34N10O4. The first-order chi connectivity index (χ1) is 20.1. The number of carbonyl (C=O) groups is 1. The Balaban J connectivity index is 2.00.